The van der Waals surface area contributed by atoms with Gasteiger partial charge >= 0.3 is 0 Å². The van der Waals surface area contributed by atoms with Gasteiger partial charge in [0.15, 0.2) is 0 Å². The first-order valence-electron chi connectivity index (χ1n) is 8.76. The molecule has 7 heteroatoms. The van der Waals surface area contributed by atoms with Crippen molar-refractivity contribution < 1.29 is 18.3 Å². The van der Waals surface area contributed by atoms with E-state index in [1.54, 1.807) is 18.2 Å². The van der Waals surface area contributed by atoms with Gasteiger partial charge in [-0.25, -0.2) is 8.42 Å². The average molecular weight is 393 g/mol. The van der Waals surface area contributed by atoms with Gasteiger partial charge in [-0.3, -0.25) is 0 Å². The second-order valence-electron chi connectivity index (χ2n) is 7.56. The van der Waals surface area contributed by atoms with Crippen molar-refractivity contribution in [3.05, 3.63) is 66.2 Å². The standard InChI is InChI=1S/C20H28N2O4S/c1-19(2,3)26-15-18(23)20(21,14-16-10-6-4-7-11-16)22-27(24,25)17-12-8-5-9-13-17/h4-13,18,22-23H,14-15,21H2,1-3H3/t18-,20-/m0/s1. The number of benzene rings is 2. The van der Waals surface area contributed by atoms with Crippen LogP contribution in [-0.4, -0.2) is 37.5 Å². The van der Waals surface area contributed by atoms with Crippen LogP contribution in [0.2, 0.25) is 0 Å². The summed E-state index contributed by atoms with van der Waals surface area (Å²) in [7, 11) is -3.93. The SMILES string of the molecule is CC(C)(C)OC[C@H](O)[C@](N)(Cc1ccccc1)NS(=O)(=O)c1ccccc1. The average Bonchev–Trinajstić information content (AvgIpc) is 2.60. The first-order valence-corrected chi connectivity index (χ1v) is 10.2. The van der Waals surface area contributed by atoms with Crippen molar-refractivity contribution in [2.45, 2.75) is 49.5 Å². The lowest BCUT2D eigenvalue weighted by molar-refractivity contribution is -0.0720. The maximum atomic E-state index is 12.8. The van der Waals surface area contributed by atoms with Crippen molar-refractivity contribution in [3.63, 3.8) is 0 Å². The summed E-state index contributed by atoms with van der Waals surface area (Å²) in [6.07, 6.45) is -1.15. The van der Waals surface area contributed by atoms with E-state index in [0.29, 0.717) is 0 Å². The molecule has 0 aliphatic rings. The third kappa shape index (κ3) is 6.41. The predicted octanol–water partition coefficient (Wildman–Crippen LogP) is 2.04. The summed E-state index contributed by atoms with van der Waals surface area (Å²) < 4.78 is 33.7. The lowest BCUT2D eigenvalue weighted by atomic mass is 9.96. The van der Waals surface area contributed by atoms with Crippen molar-refractivity contribution in [1.29, 1.82) is 0 Å². The summed E-state index contributed by atoms with van der Waals surface area (Å²) in [5.74, 6) is 0. The Hall–Kier alpha value is -1.77. The third-order valence-electron chi connectivity index (χ3n) is 3.99. The van der Waals surface area contributed by atoms with Crippen LogP contribution in [0.5, 0.6) is 0 Å². The first-order chi connectivity index (χ1) is 12.5. The Morgan fingerprint density at radius 2 is 1.56 bits per heavy atom. The van der Waals surface area contributed by atoms with Crippen molar-refractivity contribution in [1.82, 2.24) is 4.72 Å². The van der Waals surface area contributed by atoms with Crippen molar-refractivity contribution in [2.24, 2.45) is 5.73 Å². The van der Waals surface area contributed by atoms with Crippen LogP contribution in [0.4, 0.5) is 0 Å². The Labute approximate surface area is 161 Å². The van der Waals surface area contributed by atoms with E-state index in [1.807, 2.05) is 51.1 Å². The van der Waals surface area contributed by atoms with Crippen molar-refractivity contribution >= 4 is 10.0 Å². The summed E-state index contributed by atoms with van der Waals surface area (Å²) in [4.78, 5) is 0.0804. The van der Waals surface area contributed by atoms with Crippen LogP contribution in [0.15, 0.2) is 65.6 Å². The van der Waals surface area contributed by atoms with Gasteiger partial charge in [-0.2, -0.15) is 4.72 Å². The molecule has 0 spiro atoms. The van der Waals surface area contributed by atoms with Crippen LogP contribution >= 0.6 is 0 Å². The van der Waals surface area contributed by atoms with E-state index in [1.165, 1.54) is 12.1 Å². The molecule has 0 radical (unpaired) electrons. The number of ether oxygens (including phenoxy) is 1. The maximum Gasteiger partial charge on any atom is 0.242 e. The van der Waals surface area contributed by atoms with Gasteiger partial charge in [0.1, 0.15) is 11.8 Å². The summed E-state index contributed by atoms with van der Waals surface area (Å²) in [6.45, 7) is 5.44. The normalized spacial score (nSPS) is 15.9. The van der Waals surface area contributed by atoms with E-state index in [2.05, 4.69) is 4.72 Å². The van der Waals surface area contributed by atoms with Crippen molar-refractivity contribution in [3.8, 4) is 0 Å². The van der Waals surface area contributed by atoms with Crippen LogP contribution in [0.3, 0.4) is 0 Å². The van der Waals surface area contributed by atoms with Crippen LogP contribution in [0.25, 0.3) is 0 Å². The number of hydrogen-bond donors (Lipinski definition) is 3. The quantitative estimate of drug-likeness (QED) is 0.597. The molecule has 0 aromatic heterocycles. The summed E-state index contributed by atoms with van der Waals surface area (Å²) in [5.41, 5.74) is 5.07. The molecule has 27 heavy (non-hydrogen) atoms. The fourth-order valence-corrected chi connectivity index (χ4v) is 3.88. The molecule has 2 aromatic rings. The Balaban J connectivity index is 2.31. The molecule has 0 heterocycles. The molecule has 2 atom stereocenters. The topological polar surface area (TPSA) is 102 Å². The van der Waals surface area contributed by atoms with Gasteiger partial charge in [0, 0.05) is 6.42 Å². The molecular formula is C20H28N2O4S. The number of nitrogens with two attached hydrogens (primary N) is 1. The van der Waals surface area contributed by atoms with Gasteiger partial charge < -0.3 is 15.6 Å². The second kappa shape index (κ2) is 8.50. The zero-order chi connectivity index (χ0) is 20.1. The Kier molecular flexibility index (Phi) is 6.77. The highest BCUT2D eigenvalue weighted by Gasteiger charge is 2.39. The van der Waals surface area contributed by atoms with Gasteiger partial charge in [-0.05, 0) is 38.5 Å². The molecule has 6 nitrogen and oxygen atoms in total. The minimum Gasteiger partial charge on any atom is -0.387 e. The van der Waals surface area contributed by atoms with Crippen LogP contribution < -0.4 is 10.5 Å². The minimum atomic E-state index is -3.93. The molecular weight excluding hydrogens is 364 g/mol. The van der Waals surface area contributed by atoms with Gasteiger partial charge in [-0.1, -0.05) is 48.5 Å². The number of aliphatic hydroxyl groups excluding tert-OH is 1. The second-order valence-corrected chi connectivity index (χ2v) is 9.24. The fourth-order valence-electron chi connectivity index (χ4n) is 2.54. The monoisotopic (exact) mass is 392 g/mol. The lowest BCUT2D eigenvalue weighted by Crippen LogP contribution is -2.66. The van der Waals surface area contributed by atoms with Gasteiger partial charge in [0.2, 0.25) is 10.0 Å². The van der Waals surface area contributed by atoms with Crippen LogP contribution in [-0.2, 0) is 21.2 Å². The molecule has 148 valence electrons. The number of nitrogens with one attached hydrogen (secondary N) is 1. The summed E-state index contributed by atoms with van der Waals surface area (Å²) >= 11 is 0. The highest BCUT2D eigenvalue weighted by molar-refractivity contribution is 7.89. The summed E-state index contributed by atoms with van der Waals surface area (Å²) in [5, 5.41) is 10.7. The van der Waals surface area contributed by atoms with Crippen LogP contribution in [0.1, 0.15) is 26.3 Å². The van der Waals surface area contributed by atoms with E-state index in [9.17, 15) is 13.5 Å². The van der Waals surface area contributed by atoms with Gasteiger partial charge in [0.05, 0.1) is 17.1 Å². The van der Waals surface area contributed by atoms with E-state index in [4.69, 9.17) is 10.5 Å². The molecule has 0 aliphatic carbocycles. The van der Waals surface area contributed by atoms with E-state index in [0.717, 1.165) is 5.56 Å². The van der Waals surface area contributed by atoms with Crippen LogP contribution in [0, 0.1) is 0 Å². The lowest BCUT2D eigenvalue weighted by Gasteiger charge is -2.36. The highest BCUT2D eigenvalue weighted by atomic mass is 32.2. The van der Waals surface area contributed by atoms with Gasteiger partial charge in [0.25, 0.3) is 0 Å². The Bertz CT molecular complexity index is 820. The highest BCUT2D eigenvalue weighted by Crippen LogP contribution is 2.19. The maximum absolute atomic E-state index is 12.8. The molecule has 2 rings (SSSR count). The van der Waals surface area contributed by atoms with Crippen molar-refractivity contribution in [2.75, 3.05) is 6.61 Å². The molecule has 2 aromatic carbocycles. The van der Waals surface area contributed by atoms with E-state index < -0.39 is 27.4 Å². The largest absolute Gasteiger partial charge is 0.387 e. The Morgan fingerprint density at radius 3 is 2.07 bits per heavy atom. The molecule has 0 amide bonds. The number of rotatable bonds is 8. The molecule has 0 fully saturated rings. The molecule has 0 aliphatic heterocycles. The predicted molar refractivity (Wildman–Crippen MR) is 106 cm³/mol. The van der Waals surface area contributed by atoms with E-state index >= 15 is 0 Å². The summed E-state index contributed by atoms with van der Waals surface area (Å²) in [6, 6.07) is 17.1. The van der Waals surface area contributed by atoms with E-state index in [-0.39, 0.29) is 17.9 Å². The van der Waals surface area contributed by atoms with Gasteiger partial charge in [-0.15, -0.1) is 0 Å². The number of sulfonamides is 1. The Morgan fingerprint density at radius 1 is 1.04 bits per heavy atom. The molecule has 0 saturated carbocycles. The number of aliphatic hydroxyl groups is 1. The molecule has 0 bridgehead atoms. The number of hydrogen-bond acceptors (Lipinski definition) is 5. The molecule has 4 N–H and O–H groups in total. The molecule has 0 unspecified atom stereocenters. The third-order valence-corrected chi connectivity index (χ3v) is 5.53. The smallest absolute Gasteiger partial charge is 0.242 e. The minimum absolute atomic E-state index is 0.0804. The fraction of sp³-hybridized carbons (Fsp3) is 0.400. The zero-order valence-corrected chi connectivity index (χ0v) is 16.7. The first kappa shape index (κ1) is 21.5. The molecule has 0 saturated heterocycles. The zero-order valence-electron chi connectivity index (χ0n) is 15.9.